The van der Waals surface area contributed by atoms with Gasteiger partial charge in [0.25, 0.3) is 0 Å². The standard InChI is InChI=1S/C21H15F3N4O2S/c22-21(23,24)31-16-6-4-15(5-7-16)28-19(29)13-27(20(28)30)12-14-8-10-26-18(11-14)17-3-1-2-9-25-17/h1-11,13,29H,12H2. The molecule has 0 aliphatic rings. The summed E-state index contributed by atoms with van der Waals surface area (Å²) in [6, 6.07) is 14.2. The number of thioether (sulfide) groups is 1. The van der Waals surface area contributed by atoms with Crippen LogP contribution >= 0.6 is 11.8 Å². The topological polar surface area (TPSA) is 72.9 Å². The lowest BCUT2D eigenvalue weighted by molar-refractivity contribution is -0.0328. The summed E-state index contributed by atoms with van der Waals surface area (Å²) in [5, 5.41) is 10.3. The first kappa shape index (κ1) is 20.7. The molecule has 4 aromatic rings. The van der Waals surface area contributed by atoms with Crippen molar-refractivity contribution in [1.82, 2.24) is 19.1 Å². The maximum Gasteiger partial charge on any atom is 0.446 e. The molecule has 1 aromatic carbocycles. The summed E-state index contributed by atoms with van der Waals surface area (Å²) in [4.78, 5) is 21.3. The first-order valence-corrected chi connectivity index (χ1v) is 9.85. The van der Waals surface area contributed by atoms with Crippen molar-refractivity contribution >= 4 is 11.8 Å². The molecule has 6 nitrogen and oxygen atoms in total. The van der Waals surface area contributed by atoms with Crippen LogP contribution in [0.5, 0.6) is 5.88 Å². The van der Waals surface area contributed by atoms with Crippen molar-refractivity contribution in [3.05, 3.63) is 89.2 Å². The number of aromatic hydroxyl groups is 1. The van der Waals surface area contributed by atoms with E-state index in [0.29, 0.717) is 11.4 Å². The van der Waals surface area contributed by atoms with Crippen LogP contribution in [0, 0.1) is 0 Å². The Labute approximate surface area is 178 Å². The second-order valence-electron chi connectivity index (χ2n) is 6.54. The molecule has 0 aliphatic heterocycles. The Morgan fingerprint density at radius 3 is 2.39 bits per heavy atom. The van der Waals surface area contributed by atoms with Crippen LogP contribution in [-0.4, -0.2) is 29.7 Å². The quantitative estimate of drug-likeness (QED) is 0.460. The van der Waals surface area contributed by atoms with Crippen molar-refractivity contribution in [2.75, 3.05) is 0 Å². The zero-order valence-corrected chi connectivity index (χ0v) is 16.6. The third kappa shape index (κ3) is 4.80. The monoisotopic (exact) mass is 444 g/mol. The Morgan fingerprint density at radius 2 is 1.71 bits per heavy atom. The third-order valence-corrected chi connectivity index (χ3v) is 5.11. The van der Waals surface area contributed by atoms with Crippen molar-refractivity contribution in [2.45, 2.75) is 16.9 Å². The van der Waals surface area contributed by atoms with Crippen molar-refractivity contribution in [3.63, 3.8) is 0 Å². The van der Waals surface area contributed by atoms with E-state index in [-0.39, 0.29) is 34.8 Å². The fraction of sp³-hybridized carbons (Fsp3) is 0.0952. The van der Waals surface area contributed by atoms with Gasteiger partial charge in [0.1, 0.15) is 0 Å². The Bertz CT molecular complexity index is 1250. The van der Waals surface area contributed by atoms with E-state index in [0.717, 1.165) is 10.1 Å². The number of imidazole rings is 1. The Hall–Kier alpha value is -3.53. The van der Waals surface area contributed by atoms with Gasteiger partial charge in [-0.2, -0.15) is 13.2 Å². The van der Waals surface area contributed by atoms with Crippen molar-refractivity contribution in [3.8, 4) is 23.0 Å². The molecular formula is C21H15F3N4O2S. The first-order valence-electron chi connectivity index (χ1n) is 9.04. The number of benzene rings is 1. The number of nitrogens with zero attached hydrogens (tertiary/aromatic N) is 4. The lowest BCUT2D eigenvalue weighted by Gasteiger charge is -2.07. The summed E-state index contributed by atoms with van der Waals surface area (Å²) in [5.41, 5.74) is -2.56. The zero-order valence-electron chi connectivity index (χ0n) is 15.8. The molecule has 0 unspecified atom stereocenters. The molecule has 0 aliphatic carbocycles. The number of hydrogen-bond donors (Lipinski definition) is 1. The molecule has 4 rings (SSSR count). The number of pyridine rings is 2. The highest BCUT2D eigenvalue weighted by molar-refractivity contribution is 8.00. The van der Waals surface area contributed by atoms with Crippen LogP contribution in [0.15, 0.2) is 82.9 Å². The molecule has 0 fully saturated rings. The fourth-order valence-electron chi connectivity index (χ4n) is 3.06. The second-order valence-corrected chi connectivity index (χ2v) is 7.68. The number of rotatable bonds is 5. The van der Waals surface area contributed by atoms with Crippen molar-refractivity contribution < 1.29 is 18.3 Å². The highest BCUT2D eigenvalue weighted by Gasteiger charge is 2.29. The van der Waals surface area contributed by atoms with Crippen LogP contribution in [0.3, 0.4) is 0 Å². The molecule has 0 saturated carbocycles. The number of alkyl halides is 3. The normalized spacial score (nSPS) is 11.6. The SMILES string of the molecule is O=c1n(Cc2ccnc(-c3ccccn3)c2)cc(O)n1-c1ccc(SC(F)(F)F)cc1. The third-order valence-electron chi connectivity index (χ3n) is 4.37. The molecule has 10 heteroatoms. The van der Waals surface area contributed by atoms with Gasteiger partial charge in [-0.25, -0.2) is 9.36 Å². The van der Waals surface area contributed by atoms with Crippen molar-refractivity contribution in [2.24, 2.45) is 0 Å². The summed E-state index contributed by atoms with van der Waals surface area (Å²) in [6.45, 7) is 0.170. The smallest absolute Gasteiger partial charge is 0.446 e. The van der Waals surface area contributed by atoms with Gasteiger partial charge in [0.15, 0.2) is 0 Å². The van der Waals surface area contributed by atoms with Crippen LogP contribution in [0.2, 0.25) is 0 Å². The lowest BCUT2D eigenvalue weighted by atomic mass is 10.2. The molecule has 0 bridgehead atoms. The Kier molecular flexibility index (Phi) is 5.55. The first-order chi connectivity index (χ1) is 14.8. The molecular weight excluding hydrogens is 429 g/mol. The maximum absolute atomic E-state index is 12.8. The van der Waals surface area contributed by atoms with Gasteiger partial charge in [0, 0.05) is 17.3 Å². The van der Waals surface area contributed by atoms with Crippen molar-refractivity contribution in [1.29, 1.82) is 0 Å². The number of hydrogen-bond acceptors (Lipinski definition) is 5. The van der Waals surface area contributed by atoms with Gasteiger partial charge < -0.3 is 5.11 Å². The zero-order chi connectivity index (χ0) is 22.0. The average Bonchev–Trinajstić information content (AvgIpc) is 3.01. The van der Waals surface area contributed by atoms with E-state index in [1.165, 1.54) is 35.0 Å². The molecule has 158 valence electrons. The number of aromatic nitrogens is 4. The average molecular weight is 444 g/mol. The molecule has 0 radical (unpaired) electrons. The highest BCUT2D eigenvalue weighted by atomic mass is 32.2. The van der Waals surface area contributed by atoms with E-state index in [1.54, 1.807) is 30.6 Å². The predicted molar refractivity (Wildman–Crippen MR) is 110 cm³/mol. The van der Waals surface area contributed by atoms with E-state index in [9.17, 15) is 23.1 Å². The van der Waals surface area contributed by atoms with E-state index < -0.39 is 11.2 Å². The molecule has 0 atom stereocenters. The van der Waals surface area contributed by atoms with E-state index in [1.807, 2.05) is 12.1 Å². The molecule has 0 spiro atoms. The van der Waals surface area contributed by atoms with E-state index in [4.69, 9.17) is 0 Å². The maximum atomic E-state index is 12.8. The minimum Gasteiger partial charge on any atom is -0.493 e. The highest BCUT2D eigenvalue weighted by Crippen LogP contribution is 2.37. The van der Waals surface area contributed by atoms with Crippen LogP contribution in [0.25, 0.3) is 17.1 Å². The summed E-state index contributed by atoms with van der Waals surface area (Å²) >= 11 is -0.247. The Balaban J connectivity index is 1.60. The summed E-state index contributed by atoms with van der Waals surface area (Å²) < 4.78 is 39.8. The summed E-state index contributed by atoms with van der Waals surface area (Å²) in [6.07, 6.45) is 4.55. The largest absolute Gasteiger partial charge is 0.493 e. The summed E-state index contributed by atoms with van der Waals surface area (Å²) in [5.74, 6) is -0.319. The fourth-order valence-corrected chi connectivity index (χ4v) is 3.59. The predicted octanol–water partition coefficient (Wildman–Crippen LogP) is 4.46. The van der Waals surface area contributed by atoms with E-state index >= 15 is 0 Å². The molecule has 1 N–H and O–H groups in total. The Morgan fingerprint density at radius 1 is 0.968 bits per heavy atom. The van der Waals surface area contributed by atoms with Gasteiger partial charge in [-0.05, 0) is 65.9 Å². The van der Waals surface area contributed by atoms with Gasteiger partial charge in [0.2, 0.25) is 5.88 Å². The van der Waals surface area contributed by atoms with Crippen LogP contribution in [0.4, 0.5) is 13.2 Å². The molecule has 0 saturated heterocycles. The second kappa shape index (κ2) is 8.31. The van der Waals surface area contributed by atoms with Crippen LogP contribution in [-0.2, 0) is 6.54 Å². The lowest BCUT2D eigenvalue weighted by Crippen LogP contribution is -2.23. The molecule has 3 aromatic heterocycles. The van der Waals surface area contributed by atoms with Crippen LogP contribution in [0.1, 0.15) is 5.56 Å². The molecule has 3 heterocycles. The van der Waals surface area contributed by atoms with Gasteiger partial charge in [-0.1, -0.05) is 6.07 Å². The minimum atomic E-state index is -4.40. The molecule has 0 amide bonds. The number of halogens is 3. The minimum absolute atomic E-state index is 0.0120. The van der Waals surface area contributed by atoms with Gasteiger partial charge >= 0.3 is 11.2 Å². The van der Waals surface area contributed by atoms with E-state index in [2.05, 4.69) is 9.97 Å². The van der Waals surface area contributed by atoms with Gasteiger partial charge in [-0.3, -0.25) is 14.5 Å². The summed E-state index contributed by atoms with van der Waals surface area (Å²) in [7, 11) is 0. The molecule has 31 heavy (non-hydrogen) atoms. The van der Waals surface area contributed by atoms with Crippen LogP contribution < -0.4 is 5.69 Å². The van der Waals surface area contributed by atoms with Gasteiger partial charge in [-0.15, -0.1) is 0 Å². The van der Waals surface area contributed by atoms with Gasteiger partial charge in [0.05, 0.1) is 29.8 Å².